The maximum absolute atomic E-state index is 6.92. The first-order chi connectivity index (χ1) is 65.6. The number of rotatable bonds is 0. The third-order valence-corrected chi connectivity index (χ3v) is 31.7. The number of pyridine rings is 6. The van der Waals surface area contributed by atoms with E-state index in [1.165, 1.54) is 170 Å². The topological polar surface area (TPSA) is 155 Å². The first-order valence-electron chi connectivity index (χ1n) is 44.8. The lowest BCUT2D eigenvalue weighted by Gasteiger charge is -2.31. The van der Waals surface area contributed by atoms with Gasteiger partial charge in [0.05, 0.1) is 67.1 Å². The van der Waals surface area contributed by atoms with Crippen molar-refractivity contribution in [1.29, 1.82) is 0 Å². The van der Waals surface area contributed by atoms with Gasteiger partial charge in [-0.2, -0.15) is 74.1 Å². The minimum Gasteiger partial charge on any atom is -0.456 e. The molecule has 9 aliphatic rings. The van der Waals surface area contributed by atoms with Crippen molar-refractivity contribution in [2.24, 2.45) is 0 Å². The number of nitrogens with zero attached hydrogens (tertiary/aromatic N) is 18. The van der Waals surface area contributed by atoms with E-state index in [4.69, 9.17) is 24.3 Å². The Labute approximate surface area is 737 Å². The van der Waals surface area contributed by atoms with E-state index >= 15 is 0 Å². The summed E-state index contributed by atoms with van der Waals surface area (Å²) in [4.78, 5) is 9.38. The van der Waals surface area contributed by atoms with Crippen molar-refractivity contribution in [3.63, 3.8) is 0 Å². The van der Waals surface area contributed by atoms with E-state index < -0.39 is 17.0 Å². The van der Waals surface area contributed by atoms with E-state index in [0.29, 0.717) is 0 Å². The number of benzene rings is 15. The molecule has 600 valence electrons. The molecule has 0 saturated carbocycles. The van der Waals surface area contributed by atoms with Gasteiger partial charge >= 0.3 is 50.9 Å². The fraction of sp³-hybridized carbons (Fsp3) is 0.0270. The van der Waals surface area contributed by atoms with Gasteiger partial charge in [0.1, 0.15) is 90.8 Å². The van der Waals surface area contributed by atoms with Crippen LogP contribution >= 0.6 is 0 Å². The van der Waals surface area contributed by atoms with Gasteiger partial charge in [0.25, 0.3) is 5.65 Å². The molecule has 3 spiro atoms. The number of ether oxygens (including phenoxy) is 3. The van der Waals surface area contributed by atoms with Crippen molar-refractivity contribution in [3.8, 4) is 34.5 Å². The highest BCUT2D eigenvalue weighted by Crippen LogP contribution is 2.64. The standard InChI is InChI=1S/3C37H18N6O/c1-2-8-23-19(7-1)20-13-15-29-33-31(20)35-40(23)24-9-3-5-11-26(24)42(35)37(33)34-30(44-29)16-14-21-22-17-38-39-18-28(22)41-25-10-4-6-12-27(25)43(37)36(41)32(21)34;1-2-8-23-19(7-1)20-13-15-28-32-30(20)35-40(23)24-9-3-5-11-26(24)42(35)37(32)33-29(44-28)16-14-21-22-17-38-18-39-34(22)41-25-10-4-6-12-27(25)43(37)36(41)31(21)33;1-2-8-23-19(7-1)20-13-15-28-32-30(20)35-40(23)24-9-3-5-11-26(24)42(35)37(32)33-29(44-28)16-14-21-22-17-18-38-39-34(22)41-25-10-4-6-12-27(25)43(37)36(41)31(21)33/h3*1-18H/q3*+2. The van der Waals surface area contributed by atoms with Gasteiger partial charge in [-0.25, -0.2) is 4.98 Å². The first kappa shape index (κ1) is 64.5. The molecule has 0 amide bonds. The molecule has 21 heteroatoms. The molecule has 3 atom stereocenters. The lowest BCUT2D eigenvalue weighted by Crippen LogP contribution is -2.71. The van der Waals surface area contributed by atoms with Crippen LogP contribution in [0.25, 0.3) is 230 Å². The summed E-state index contributed by atoms with van der Waals surface area (Å²) in [6, 6.07) is 108. The van der Waals surface area contributed by atoms with E-state index in [-0.39, 0.29) is 0 Å². The quantitative estimate of drug-likeness (QED) is 0.107. The van der Waals surface area contributed by atoms with Crippen LogP contribution in [0.15, 0.2) is 328 Å². The second-order valence-electron chi connectivity index (χ2n) is 36.8. The van der Waals surface area contributed by atoms with Gasteiger partial charge in [0.15, 0.2) is 71.7 Å². The van der Waals surface area contributed by atoms with Gasteiger partial charge in [-0.1, -0.05) is 127 Å². The minimum atomic E-state index is -0.711. The molecule has 0 N–H and O–H groups in total. The Morgan fingerprint density at radius 3 is 0.856 bits per heavy atom. The van der Waals surface area contributed by atoms with Crippen molar-refractivity contribution < 1.29 is 41.6 Å². The fourth-order valence-electron chi connectivity index (χ4n) is 27.7. The fourth-order valence-corrected chi connectivity index (χ4v) is 27.7. The summed E-state index contributed by atoms with van der Waals surface area (Å²) in [6.07, 6.45) is 9.23. The molecule has 9 aliphatic heterocycles. The molecule has 15 aromatic heterocycles. The van der Waals surface area contributed by atoms with Crippen LogP contribution in [-0.4, -0.2) is 56.8 Å². The Kier molecular flexibility index (Phi) is 10.1. The predicted octanol–water partition coefficient (Wildman–Crippen LogP) is 19.5. The largest absolute Gasteiger partial charge is 0.456 e. The van der Waals surface area contributed by atoms with Crippen molar-refractivity contribution >= 4 is 230 Å². The second-order valence-corrected chi connectivity index (χ2v) is 36.8. The molecule has 0 fully saturated rings. The zero-order valence-corrected chi connectivity index (χ0v) is 69.0. The monoisotopic (exact) mass is 1690 g/mol. The maximum Gasteiger partial charge on any atom is 0.316 e. The van der Waals surface area contributed by atoms with Crippen molar-refractivity contribution in [2.75, 3.05) is 0 Å². The summed E-state index contributed by atoms with van der Waals surface area (Å²) in [7, 11) is 0. The van der Waals surface area contributed by atoms with Crippen molar-refractivity contribution in [3.05, 3.63) is 362 Å². The minimum absolute atomic E-state index is 0.703. The number of hydrogen-bond donors (Lipinski definition) is 0. The molecule has 39 rings (SSSR count). The maximum atomic E-state index is 6.92. The predicted molar refractivity (Wildman–Crippen MR) is 502 cm³/mol. The average molecular weight is 1690 g/mol. The van der Waals surface area contributed by atoms with Crippen LogP contribution in [0.2, 0.25) is 0 Å². The summed E-state index contributed by atoms with van der Waals surface area (Å²) < 4.78 is 50.8. The van der Waals surface area contributed by atoms with Crippen LogP contribution in [0, 0.1) is 0 Å². The third kappa shape index (κ3) is 6.27. The molecule has 0 bridgehead atoms. The Morgan fingerprint density at radius 1 is 0.212 bits per heavy atom. The second kappa shape index (κ2) is 20.7. The molecule has 0 saturated heterocycles. The molecule has 3 unspecified atom stereocenters. The van der Waals surface area contributed by atoms with E-state index in [1.807, 2.05) is 18.6 Å². The summed E-state index contributed by atoms with van der Waals surface area (Å²) in [5.41, 5.74) is 32.4. The van der Waals surface area contributed by atoms with Gasteiger partial charge in [-0.15, -0.1) is 5.10 Å². The average Bonchev–Trinajstić information content (AvgIpc) is 1.46. The van der Waals surface area contributed by atoms with Gasteiger partial charge in [0.2, 0.25) is 5.65 Å². The molecule has 24 heterocycles. The van der Waals surface area contributed by atoms with E-state index in [9.17, 15) is 0 Å². The first-order valence-corrected chi connectivity index (χ1v) is 44.8. The zero-order valence-electron chi connectivity index (χ0n) is 69.0. The van der Waals surface area contributed by atoms with E-state index in [2.05, 4.69) is 371 Å². The van der Waals surface area contributed by atoms with Crippen LogP contribution in [0.4, 0.5) is 0 Å². The number of aromatic nitrogens is 18. The Bertz CT molecular complexity index is 9660. The van der Waals surface area contributed by atoms with E-state index in [0.717, 1.165) is 128 Å². The Hall–Kier alpha value is -18.2. The molecule has 0 radical (unpaired) electrons. The number of hydrogen-bond acceptors (Lipinski definition) is 9. The highest BCUT2D eigenvalue weighted by atomic mass is 16.5. The van der Waals surface area contributed by atoms with Crippen molar-refractivity contribution in [2.45, 2.75) is 17.0 Å². The molecule has 21 nitrogen and oxygen atoms in total. The summed E-state index contributed by atoms with van der Waals surface area (Å²) in [5, 5.41) is 39.3. The Balaban J connectivity index is 0.0000000844. The zero-order chi connectivity index (χ0) is 84.2. The highest BCUT2D eigenvalue weighted by Gasteiger charge is 2.71. The molecule has 132 heavy (non-hydrogen) atoms. The van der Waals surface area contributed by atoms with Crippen molar-refractivity contribution in [1.82, 2.24) is 56.8 Å². The number of fused-ring (bicyclic) bond motifs is 36. The molecular weight excluding hydrogens is 1630 g/mol. The van der Waals surface area contributed by atoms with Crippen LogP contribution in [0.5, 0.6) is 34.5 Å². The number of imidazole rings is 6. The van der Waals surface area contributed by atoms with Gasteiger partial charge in [-0.3, -0.25) is 0 Å². The molecule has 30 aromatic rings. The smallest absolute Gasteiger partial charge is 0.316 e. The van der Waals surface area contributed by atoms with Gasteiger partial charge < -0.3 is 14.2 Å². The molecule has 0 aliphatic carbocycles. The highest BCUT2D eigenvalue weighted by molar-refractivity contribution is 6.24. The summed E-state index contributed by atoms with van der Waals surface area (Å²) in [6.45, 7) is 0. The summed E-state index contributed by atoms with van der Waals surface area (Å²) >= 11 is 0. The summed E-state index contributed by atoms with van der Waals surface area (Å²) in [5.74, 6) is 5.40. The SMILES string of the molecule is c1ccc2c(c1)c1ccc3c4c1c1n2c2ccccc2[n+]1C41c2c(ccc4c5ccnnc5n5c6ccccc6[n+]1c5c24)O3.c1ccc2c(c1)c1ccc3c4c1c1n2c2ccccc2[n+]1C41c2c(ccc4c5cncnc5n5c6ccccc6[n+]1c5c24)O3.c1ccc2c(c1)c1ccc3c4c1c1n2c2ccccc2[n+]1C41c2c(ccc4c5cnncc5n5c6ccccc6[n+]1c5c24)O3. The lowest BCUT2D eigenvalue weighted by molar-refractivity contribution is -0.924. The van der Waals surface area contributed by atoms with Crippen LogP contribution in [-0.2, 0) is 17.0 Å². The Morgan fingerprint density at radius 2 is 0.492 bits per heavy atom. The number of para-hydroxylation sites is 15. The van der Waals surface area contributed by atoms with Gasteiger partial charge in [-0.05, 0) is 170 Å². The molecular formula is C111H54N18O3+6. The van der Waals surface area contributed by atoms with Gasteiger partial charge in [0, 0.05) is 54.7 Å². The third-order valence-electron chi connectivity index (χ3n) is 31.7. The lowest BCUT2D eigenvalue weighted by atomic mass is 9.85. The van der Waals surface area contributed by atoms with Crippen LogP contribution in [0.3, 0.4) is 0 Å². The molecule has 15 aromatic carbocycles. The van der Waals surface area contributed by atoms with Crippen LogP contribution < -0.4 is 41.6 Å². The normalized spacial score (nSPS) is 17.4. The van der Waals surface area contributed by atoms with Crippen LogP contribution in [0.1, 0.15) is 33.4 Å². The van der Waals surface area contributed by atoms with E-state index in [1.54, 1.807) is 12.5 Å².